The molecule has 2 aromatic heterocycles. The van der Waals surface area contributed by atoms with E-state index >= 15 is 0 Å². The number of hydrogen-bond acceptors (Lipinski definition) is 4. The number of hydrogen-bond donors (Lipinski definition) is 2. The second-order valence-corrected chi connectivity index (χ2v) is 9.58. The van der Waals surface area contributed by atoms with Gasteiger partial charge < -0.3 is 10.6 Å². The van der Waals surface area contributed by atoms with Crippen LogP contribution in [0.5, 0.6) is 0 Å². The maximum absolute atomic E-state index is 13.0. The van der Waals surface area contributed by atoms with E-state index in [1.165, 1.54) is 12.1 Å². The fourth-order valence-electron chi connectivity index (χ4n) is 3.81. The second kappa shape index (κ2) is 10.5. The third kappa shape index (κ3) is 5.51. The first-order valence-corrected chi connectivity index (χ1v) is 12.5. The van der Waals surface area contributed by atoms with Crippen molar-refractivity contribution in [2.75, 3.05) is 10.6 Å². The smallest absolute Gasteiger partial charge is 0.366 e. The van der Waals surface area contributed by atoms with Crippen LogP contribution >= 0.6 is 27.5 Å². The van der Waals surface area contributed by atoms with Gasteiger partial charge in [-0.05, 0) is 57.9 Å². The van der Waals surface area contributed by atoms with E-state index in [0.717, 1.165) is 27.7 Å². The number of fused-ring (bicyclic) bond motifs is 1. The standard InChI is InChI=1S/C27H18BrClF3N5O/c28-21-15-34-37-24(13-23(36-25(21)37)20-6-1-2-7-22(20)29)33-14-16-8-10-19(11-9-16)35-26(38)17-4-3-5-18(12-17)27(30,31)32/h1-13,15,33H,14H2,(H,35,38). The van der Waals surface area contributed by atoms with Crippen molar-refractivity contribution in [3.8, 4) is 11.3 Å². The van der Waals surface area contributed by atoms with Gasteiger partial charge in [-0.2, -0.15) is 22.8 Å². The van der Waals surface area contributed by atoms with Gasteiger partial charge in [0.05, 0.1) is 21.9 Å². The Labute approximate surface area is 228 Å². The van der Waals surface area contributed by atoms with Gasteiger partial charge in [-0.3, -0.25) is 4.79 Å². The normalized spacial score (nSPS) is 11.5. The minimum Gasteiger partial charge on any atom is -0.366 e. The molecule has 192 valence electrons. The molecule has 5 rings (SSSR count). The molecule has 2 N–H and O–H groups in total. The van der Waals surface area contributed by atoms with Crippen molar-refractivity contribution in [3.05, 3.63) is 111 Å². The number of anilines is 2. The molecular formula is C27H18BrClF3N5O. The Morgan fingerprint density at radius 3 is 2.50 bits per heavy atom. The molecule has 0 bridgehead atoms. The Morgan fingerprint density at radius 1 is 1.00 bits per heavy atom. The van der Waals surface area contributed by atoms with E-state index in [4.69, 9.17) is 16.6 Å². The summed E-state index contributed by atoms with van der Waals surface area (Å²) in [6.45, 7) is 0.431. The molecule has 0 spiro atoms. The number of amides is 1. The second-order valence-electron chi connectivity index (χ2n) is 8.32. The molecule has 38 heavy (non-hydrogen) atoms. The molecule has 0 atom stereocenters. The van der Waals surface area contributed by atoms with Gasteiger partial charge >= 0.3 is 6.18 Å². The van der Waals surface area contributed by atoms with E-state index in [9.17, 15) is 18.0 Å². The van der Waals surface area contributed by atoms with Crippen LogP contribution in [0, 0.1) is 0 Å². The fraction of sp³-hybridized carbons (Fsp3) is 0.0741. The molecule has 3 aromatic carbocycles. The van der Waals surface area contributed by atoms with Crippen LogP contribution in [0.3, 0.4) is 0 Å². The molecule has 0 fully saturated rings. The maximum Gasteiger partial charge on any atom is 0.416 e. The largest absolute Gasteiger partial charge is 0.416 e. The third-order valence-corrected chi connectivity index (χ3v) is 6.61. The number of carbonyl (C=O) groups excluding carboxylic acids is 1. The third-order valence-electron chi connectivity index (χ3n) is 5.72. The zero-order valence-electron chi connectivity index (χ0n) is 19.4. The molecule has 0 radical (unpaired) electrons. The Kier molecular flexibility index (Phi) is 7.09. The van der Waals surface area contributed by atoms with Crippen molar-refractivity contribution in [3.63, 3.8) is 0 Å². The molecule has 6 nitrogen and oxygen atoms in total. The van der Waals surface area contributed by atoms with Crippen LogP contribution in [0.1, 0.15) is 21.5 Å². The first-order chi connectivity index (χ1) is 18.2. The van der Waals surface area contributed by atoms with Crippen molar-refractivity contribution in [1.29, 1.82) is 0 Å². The van der Waals surface area contributed by atoms with E-state index < -0.39 is 17.6 Å². The summed E-state index contributed by atoms with van der Waals surface area (Å²) in [6.07, 6.45) is -2.86. The molecule has 0 saturated heterocycles. The molecule has 0 aliphatic carbocycles. The molecule has 1 amide bonds. The summed E-state index contributed by atoms with van der Waals surface area (Å²) in [5.41, 5.74) is 2.49. The highest BCUT2D eigenvalue weighted by atomic mass is 79.9. The van der Waals surface area contributed by atoms with Crippen LogP contribution < -0.4 is 10.6 Å². The van der Waals surface area contributed by atoms with Crippen LogP contribution in [0.2, 0.25) is 5.02 Å². The Bertz CT molecular complexity index is 1640. The highest BCUT2D eigenvalue weighted by Gasteiger charge is 2.30. The molecule has 0 aliphatic heterocycles. The highest BCUT2D eigenvalue weighted by Crippen LogP contribution is 2.31. The summed E-state index contributed by atoms with van der Waals surface area (Å²) in [4.78, 5) is 17.2. The van der Waals surface area contributed by atoms with Crippen molar-refractivity contribution < 1.29 is 18.0 Å². The molecular weight excluding hydrogens is 583 g/mol. The lowest BCUT2D eigenvalue weighted by molar-refractivity contribution is -0.137. The molecule has 11 heteroatoms. The van der Waals surface area contributed by atoms with Gasteiger partial charge in [0.25, 0.3) is 5.91 Å². The van der Waals surface area contributed by atoms with Gasteiger partial charge in [-0.25, -0.2) is 4.98 Å². The minimum atomic E-state index is -4.52. The van der Waals surface area contributed by atoms with Crippen molar-refractivity contribution in [1.82, 2.24) is 14.6 Å². The molecule has 0 aliphatic rings. The van der Waals surface area contributed by atoms with Crippen LogP contribution in [0.15, 0.2) is 89.5 Å². The fourth-order valence-corrected chi connectivity index (χ4v) is 4.39. The number of alkyl halides is 3. The lowest BCUT2D eigenvalue weighted by atomic mass is 10.1. The van der Waals surface area contributed by atoms with E-state index in [1.807, 2.05) is 24.3 Å². The zero-order chi connectivity index (χ0) is 26.9. The number of nitrogens with zero attached hydrogens (tertiary/aromatic N) is 3. The Hall–Kier alpha value is -3.89. The van der Waals surface area contributed by atoms with Crippen LogP contribution in [0.4, 0.5) is 24.7 Å². The van der Waals surface area contributed by atoms with Gasteiger partial charge in [0.2, 0.25) is 0 Å². The van der Waals surface area contributed by atoms with E-state index in [-0.39, 0.29) is 5.56 Å². The first kappa shape index (κ1) is 25.7. The monoisotopic (exact) mass is 599 g/mol. The lowest BCUT2D eigenvalue weighted by Crippen LogP contribution is -2.14. The summed E-state index contributed by atoms with van der Waals surface area (Å²) in [7, 11) is 0. The Morgan fingerprint density at radius 2 is 1.76 bits per heavy atom. The predicted octanol–water partition coefficient (Wildman–Crippen LogP) is 7.70. The number of rotatable bonds is 6. The number of carbonyl (C=O) groups is 1. The topological polar surface area (TPSA) is 71.3 Å². The van der Waals surface area contributed by atoms with Crippen LogP contribution in [0.25, 0.3) is 16.9 Å². The van der Waals surface area contributed by atoms with E-state index in [2.05, 4.69) is 31.7 Å². The summed E-state index contributed by atoms with van der Waals surface area (Å²) in [6, 6.07) is 20.6. The Balaban J connectivity index is 1.31. The molecule has 0 unspecified atom stereocenters. The molecule has 2 heterocycles. The first-order valence-electron chi connectivity index (χ1n) is 11.3. The molecule has 0 saturated carbocycles. The lowest BCUT2D eigenvalue weighted by Gasteiger charge is -2.12. The van der Waals surface area contributed by atoms with E-state index in [1.54, 1.807) is 41.0 Å². The van der Waals surface area contributed by atoms with Crippen molar-refractivity contribution in [2.45, 2.75) is 12.7 Å². The van der Waals surface area contributed by atoms with Gasteiger partial charge in [-0.15, -0.1) is 0 Å². The van der Waals surface area contributed by atoms with Crippen LogP contribution in [-0.2, 0) is 12.7 Å². The summed E-state index contributed by atoms with van der Waals surface area (Å²) in [5.74, 6) is 0.0649. The number of halogens is 5. The number of nitrogens with one attached hydrogen (secondary N) is 2. The minimum absolute atomic E-state index is 0.0769. The average Bonchev–Trinajstić information content (AvgIpc) is 3.28. The van der Waals surface area contributed by atoms with Crippen molar-refractivity contribution in [2.24, 2.45) is 0 Å². The van der Waals surface area contributed by atoms with Crippen LogP contribution in [-0.4, -0.2) is 20.5 Å². The molecule has 5 aromatic rings. The van der Waals surface area contributed by atoms with Gasteiger partial charge in [-0.1, -0.05) is 48.0 Å². The predicted molar refractivity (Wildman–Crippen MR) is 144 cm³/mol. The van der Waals surface area contributed by atoms with Gasteiger partial charge in [0.1, 0.15) is 5.82 Å². The number of aromatic nitrogens is 3. The van der Waals surface area contributed by atoms with E-state index in [0.29, 0.717) is 34.4 Å². The number of benzene rings is 3. The quantitative estimate of drug-likeness (QED) is 0.210. The van der Waals surface area contributed by atoms with Gasteiger partial charge in [0, 0.05) is 34.4 Å². The average molecular weight is 601 g/mol. The highest BCUT2D eigenvalue weighted by molar-refractivity contribution is 9.10. The summed E-state index contributed by atoms with van der Waals surface area (Å²) >= 11 is 9.88. The zero-order valence-corrected chi connectivity index (χ0v) is 21.8. The van der Waals surface area contributed by atoms with Crippen molar-refractivity contribution >= 4 is 50.6 Å². The summed E-state index contributed by atoms with van der Waals surface area (Å²) < 4.78 is 41.3. The maximum atomic E-state index is 13.0. The SMILES string of the molecule is O=C(Nc1ccc(CNc2cc(-c3ccccc3Cl)nc3c(Br)cnn23)cc1)c1cccc(C(F)(F)F)c1. The van der Waals surface area contributed by atoms with Gasteiger partial charge in [0.15, 0.2) is 5.65 Å². The summed E-state index contributed by atoms with van der Waals surface area (Å²) in [5, 5.41) is 10.9.